The highest BCUT2D eigenvalue weighted by atomic mass is 35.5. The van der Waals surface area contributed by atoms with Crippen LogP contribution in [0.2, 0.25) is 5.02 Å². The Kier molecular flexibility index (Phi) is 5.47. The molecule has 1 aliphatic rings. The number of nitrogens with one attached hydrogen (secondary N) is 2. The van der Waals surface area contributed by atoms with Crippen molar-refractivity contribution in [2.75, 3.05) is 22.1 Å². The number of nitrogens with zero attached hydrogens (tertiary/aromatic N) is 1. The van der Waals surface area contributed by atoms with Gasteiger partial charge in [0.2, 0.25) is 11.8 Å². The lowest BCUT2D eigenvalue weighted by molar-refractivity contribution is -0.117. The fourth-order valence-electron chi connectivity index (χ4n) is 2.96. The molecule has 0 spiro atoms. The van der Waals surface area contributed by atoms with Gasteiger partial charge in [-0.2, -0.15) is 0 Å². The van der Waals surface area contributed by atoms with Crippen LogP contribution < -0.4 is 15.5 Å². The van der Waals surface area contributed by atoms with E-state index in [1.54, 1.807) is 24.0 Å². The minimum Gasteiger partial charge on any atom is -0.374 e. The third-order valence-electron chi connectivity index (χ3n) is 4.55. The maximum Gasteiger partial charge on any atom is 0.246 e. The predicted octanol–water partition coefficient (Wildman–Crippen LogP) is 4.21. The van der Waals surface area contributed by atoms with E-state index in [0.29, 0.717) is 17.1 Å². The van der Waals surface area contributed by atoms with Crippen LogP contribution in [-0.2, 0) is 9.59 Å². The highest BCUT2D eigenvalue weighted by Gasteiger charge is 2.21. The molecule has 1 atom stereocenters. The van der Waals surface area contributed by atoms with Crippen LogP contribution in [0, 0.1) is 6.92 Å². The molecule has 0 saturated carbocycles. The van der Waals surface area contributed by atoms with Crippen molar-refractivity contribution in [1.29, 1.82) is 0 Å². The first-order valence-corrected chi connectivity index (χ1v) is 9.06. The Morgan fingerprint density at radius 1 is 1.19 bits per heavy atom. The van der Waals surface area contributed by atoms with Crippen molar-refractivity contribution in [3.8, 4) is 0 Å². The van der Waals surface area contributed by atoms with E-state index in [1.807, 2.05) is 37.3 Å². The van der Waals surface area contributed by atoms with Crippen LogP contribution in [0.5, 0.6) is 0 Å². The third-order valence-corrected chi connectivity index (χ3v) is 4.96. The fraction of sp³-hybridized carbons (Fsp3) is 0.300. The molecular weight excluding hydrogens is 350 g/mol. The van der Waals surface area contributed by atoms with E-state index in [9.17, 15) is 9.59 Å². The topological polar surface area (TPSA) is 61.4 Å². The molecule has 0 aromatic heterocycles. The summed E-state index contributed by atoms with van der Waals surface area (Å²) in [5.41, 5.74) is 3.27. The summed E-state index contributed by atoms with van der Waals surface area (Å²) in [6, 6.07) is 12.6. The number of hydrogen-bond acceptors (Lipinski definition) is 3. The quantitative estimate of drug-likeness (QED) is 0.827. The van der Waals surface area contributed by atoms with Gasteiger partial charge >= 0.3 is 0 Å². The van der Waals surface area contributed by atoms with Gasteiger partial charge in [0.05, 0.1) is 0 Å². The molecule has 26 heavy (non-hydrogen) atoms. The van der Waals surface area contributed by atoms with Crippen LogP contribution in [0.4, 0.5) is 17.1 Å². The summed E-state index contributed by atoms with van der Waals surface area (Å²) in [6.45, 7) is 4.44. The van der Waals surface area contributed by atoms with Crippen LogP contribution in [0.25, 0.3) is 0 Å². The SMILES string of the molecule is Cc1c(Cl)cccc1NC(=O)[C@@H](C)Nc1ccc(N2CCCC2=O)cc1. The summed E-state index contributed by atoms with van der Waals surface area (Å²) in [4.78, 5) is 26.0. The molecule has 5 nitrogen and oxygen atoms in total. The summed E-state index contributed by atoms with van der Waals surface area (Å²) >= 11 is 6.09. The monoisotopic (exact) mass is 371 g/mol. The minimum atomic E-state index is -0.423. The first-order chi connectivity index (χ1) is 12.5. The van der Waals surface area contributed by atoms with Crippen molar-refractivity contribution in [1.82, 2.24) is 0 Å². The van der Waals surface area contributed by atoms with Crippen LogP contribution in [0.3, 0.4) is 0 Å². The number of carbonyl (C=O) groups is 2. The lowest BCUT2D eigenvalue weighted by atomic mass is 10.2. The normalized spacial score (nSPS) is 15.0. The third kappa shape index (κ3) is 3.99. The predicted molar refractivity (Wildman–Crippen MR) is 106 cm³/mol. The number of carbonyl (C=O) groups excluding carboxylic acids is 2. The molecule has 1 aliphatic heterocycles. The average molecular weight is 372 g/mol. The van der Waals surface area contributed by atoms with Gasteiger partial charge in [0.1, 0.15) is 6.04 Å². The summed E-state index contributed by atoms with van der Waals surface area (Å²) in [5.74, 6) is 0.0181. The Labute approximate surface area is 158 Å². The molecule has 6 heteroatoms. The number of amides is 2. The molecule has 2 N–H and O–H groups in total. The Balaban J connectivity index is 1.62. The molecule has 2 aromatic carbocycles. The van der Waals surface area contributed by atoms with Crippen molar-refractivity contribution < 1.29 is 9.59 Å². The summed E-state index contributed by atoms with van der Waals surface area (Å²) in [6.07, 6.45) is 1.51. The van der Waals surface area contributed by atoms with E-state index in [2.05, 4.69) is 10.6 Å². The zero-order valence-electron chi connectivity index (χ0n) is 14.9. The minimum absolute atomic E-state index is 0.144. The number of anilines is 3. The second-order valence-corrected chi connectivity index (χ2v) is 6.87. The van der Waals surface area contributed by atoms with E-state index < -0.39 is 6.04 Å². The Morgan fingerprint density at radius 3 is 2.58 bits per heavy atom. The summed E-state index contributed by atoms with van der Waals surface area (Å²) in [5, 5.41) is 6.69. The second-order valence-electron chi connectivity index (χ2n) is 6.46. The van der Waals surface area contributed by atoms with Crippen molar-refractivity contribution in [2.24, 2.45) is 0 Å². The smallest absolute Gasteiger partial charge is 0.246 e. The van der Waals surface area contributed by atoms with Gasteiger partial charge in [-0.3, -0.25) is 9.59 Å². The molecule has 3 rings (SSSR count). The zero-order valence-corrected chi connectivity index (χ0v) is 15.6. The maximum atomic E-state index is 12.4. The van der Waals surface area contributed by atoms with E-state index in [4.69, 9.17) is 11.6 Å². The first kappa shape index (κ1) is 18.3. The standard InChI is InChI=1S/C20H22ClN3O2/c1-13-17(21)5-3-6-18(13)23-20(26)14(2)22-15-8-10-16(11-9-15)24-12-4-7-19(24)25/h3,5-6,8-11,14,22H,4,7,12H2,1-2H3,(H,23,26)/t14-/m1/s1. The van der Waals surface area contributed by atoms with Crippen molar-refractivity contribution in [3.63, 3.8) is 0 Å². The van der Waals surface area contributed by atoms with Crippen LogP contribution >= 0.6 is 11.6 Å². The van der Waals surface area contributed by atoms with Crippen molar-refractivity contribution in [3.05, 3.63) is 53.1 Å². The van der Waals surface area contributed by atoms with E-state index in [1.165, 1.54) is 0 Å². The van der Waals surface area contributed by atoms with E-state index >= 15 is 0 Å². The summed E-state index contributed by atoms with van der Waals surface area (Å²) in [7, 11) is 0. The first-order valence-electron chi connectivity index (χ1n) is 8.68. The molecule has 1 heterocycles. The molecule has 0 bridgehead atoms. The second kappa shape index (κ2) is 7.79. The maximum absolute atomic E-state index is 12.4. The molecule has 0 aliphatic carbocycles. The number of hydrogen-bond donors (Lipinski definition) is 2. The van der Waals surface area contributed by atoms with Gasteiger partial charge < -0.3 is 15.5 Å². The number of halogens is 1. The van der Waals surface area contributed by atoms with Gasteiger partial charge in [-0.1, -0.05) is 17.7 Å². The van der Waals surface area contributed by atoms with Gasteiger partial charge in [0, 0.05) is 35.1 Å². The van der Waals surface area contributed by atoms with Crippen LogP contribution in [-0.4, -0.2) is 24.4 Å². The highest BCUT2D eigenvalue weighted by Crippen LogP contribution is 2.25. The molecule has 2 amide bonds. The van der Waals surface area contributed by atoms with Gasteiger partial charge in [-0.15, -0.1) is 0 Å². The summed E-state index contributed by atoms with van der Waals surface area (Å²) < 4.78 is 0. The van der Waals surface area contributed by atoms with Gasteiger partial charge in [0.25, 0.3) is 0 Å². The average Bonchev–Trinajstić information content (AvgIpc) is 3.05. The van der Waals surface area contributed by atoms with E-state index in [0.717, 1.165) is 29.9 Å². The molecule has 0 radical (unpaired) electrons. The van der Waals surface area contributed by atoms with Gasteiger partial charge in [-0.05, 0) is 62.2 Å². The van der Waals surface area contributed by atoms with Gasteiger partial charge in [0.15, 0.2) is 0 Å². The van der Waals surface area contributed by atoms with Crippen LogP contribution in [0.1, 0.15) is 25.3 Å². The lowest BCUT2D eigenvalue weighted by Gasteiger charge is -2.19. The molecule has 136 valence electrons. The van der Waals surface area contributed by atoms with Gasteiger partial charge in [-0.25, -0.2) is 0 Å². The zero-order chi connectivity index (χ0) is 18.7. The van der Waals surface area contributed by atoms with Crippen molar-refractivity contribution >= 4 is 40.5 Å². The molecule has 1 saturated heterocycles. The fourth-order valence-corrected chi connectivity index (χ4v) is 3.13. The highest BCUT2D eigenvalue weighted by molar-refractivity contribution is 6.31. The Bertz CT molecular complexity index is 820. The Morgan fingerprint density at radius 2 is 1.92 bits per heavy atom. The largest absolute Gasteiger partial charge is 0.374 e. The van der Waals surface area contributed by atoms with Crippen molar-refractivity contribution in [2.45, 2.75) is 32.7 Å². The molecule has 2 aromatic rings. The molecular formula is C20H22ClN3O2. The van der Waals surface area contributed by atoms with E-state index in [-0.39, 0.29) is 11.8 Å². The number of rotatable bonds is 5. The number of benzene rings is 2. The molecule has 1 fully saturated rings. The lowest BCUT2D eigenvalue weighted by Crippen LogP contribution is -2.32. The van der Waals surface area contributed by atoms with Crippen LogP contribution in [0.15, 0.2) is 42.5 Å². The Hall–Kier alpha value is -2.53. The molecule has 0 unspecified atom stereocenters.